The van der Waals surface area contributed by atoms with Crippen molar-refractivity contribution in [2.45, 2.75) is 39.5 Å². The smallest absolute Gasteiger partial charge is 0.257 e. The van der Waals surface area contributed by atoms with Crippen molar-refractivity contribution >= 4 is 5.91 Å². The highest BCUT2D eigenvalue weighted by atomic mass is 19.1. The Morgan fingerprint density at radius 3 is 2.52 bits per heavy atom. The molecule has 27 heavy (non-hydrogen) atoms. The molecule has 1 unspecified atom stereocenters. The molecule has 2 aromatic carbocycles. The Bertz CT molecular complexity index is 879. The average molecular weight is 373 g/mol. The minimum Gasteiger partial charge on any atom is -0.483 e. The minimum atomic E-state index is -0.601. The monoisotopic (exact) mass is 373 g/mol. The van der Waals surface area contributed by atoms with Crippen LogP contribution < -0.4 is 10.1 Å². The van der Waals surface area contributed by atoms with Crippen LogP contribution in [0, 0.1) is 30.9 Å². The molecule has 1 aliphatic carbocycles. The molecule has 0 heterocycles. The largest absolute Gasteiger partial charge is 0.483 e. The first kappa shape index (κ1) is 19.3. The molecule has 0 radical (unpaired) electrons. The molecule has 1 aliphatic rings. The number of aryl methyl sites for hydroxylation is 1. The Labute approximate surface area is 158 Å². The number of carbonyl (C=O) groups excluding carboxylic acids is 1. The minimum absolute atomic E-state index is 0.104. The van der Waals surface area contributed by atoms with E-state index in [-0.39, 0.29) is 24.5 Å². The number of halogens is 2. The molecule has 1 saturated carbocycles. The van der Waals surface area contributed by atoms with Crippen LogP contribution in [0.25, 0.3) is 0 Å². The molecule has 0 saturated heterocycles. The first-order chi connectivity index (χ1) is 12.7. The fourth-order valence-corrected chi connectivity index (χ4v) is 3.77. The maximum absolute atomic E-state index is 14.3. The second kappa shape index (κ2) is 6.95. The lowest BCUT2D eigenvalue weighted by atomic mass is 9.87. The van der Waals surface area contributed by atoms with Gasteiger partial charge in [0.1, 0.15) is 17.4 Å². The number of nitrogens with one attached hydrogen (secondary N) is 1. The fourth-order valence-electron chi connectivity index (χ4n) is 3.77. The van der Waals surface area contributed by atoms with E-state index in [0.717, 1.165) is 23.6 Å². The van der Waals surface area contributed by atoms with Gasteiger partial charge >= 0.3 is 0 Å². The summed E-state index contributed by atoms with van der Waals surface area (Å²) in [5.74, 6) is -0.756. The number of benzene rings is 2. The SMILES string of the molecule is Cc1cccc(OCC(=O)NCC2(c3ccc(F)cc3F)CC2(C)C)c1C. The summed E-state index contributed by atoms with van der Waals surface area (Å²) in [6, 6.07) is 9.34. The van der Waals surface area contributed by atoms with Gasteiger partial charge in [0.25, 0.3) is 5.91 Å². The summed E-state index contributed by atoms with van der Waals surface area (Å²) in [5.41, 5.74) is 1.84. The van der Waals surface area contributed by atoms with Crippen LogP contribution in [0.4, 0.5) is 8.78 Å². The van der Waals surface area contributed by atoms with Crippen molar-refractivity contribution < 1.29 is 18.3 Å². The summed E-state index contributed by atoms with van der Waals surface area (Å²) >= 11 is 0. The number of ether oxygens (including phenoxy) is 1. The Morgan fingerprint density at radius 1 is 1.19 bits per heavy atom. The van der Waals surface area contributed by atoms with Crippen molar-refractivity contribution in [3.63, 3.8) is 0 Å². The average Bonchev–Trinajstić information content (AvgIpc) is 3.16. The van der Waals surface area contributed by atoms with Gasteiger partial charge < -0.3 is 10.1 Å². The van der Waals surface area contributed by atoms with Gasteiger partial charge in [-0.25, -0.2) is 8.78 Å². The van der Waals surface area contributed by atoms with Crippen LogP contribution in [0.3, 0.4) is 0 Å². The van der Waals surface area contributed by atoms with Crippen LogP contribution in [0.1, 0.15) is 37.0 Å². The molecular formula is C22H25F2NO2. The molecule has 3 rings (SSSR count). The molecule has 1 amide bonds. The summed E-state index contributed by atoms with van der Waals surface area (Å²) in [5, 5.41) is 2.86. The number of amides is 1. The normalized spacial score (nSPS) is 20.2. The van der Waals surface area contributed by atoms with E-state index in [0.29, 0.717) is 11.3 Å². The lowest BCUT2D eigenvalue weighted by Crippen LogP contribution is -2.37. The van der Waals surface area contributed by atoms with Crippen molar-refractivity contribution in [3.05, 3.63) is 64.7 Å². The Hall–Kier alpha value is -2.43. The summed E-state index contributed by atoms with van der Waals surface area (Å²) in [7, 11) is 0. The van der Waals surface area contributed by atoms with Crippen molar-refractivity contribution in [3.8, 4) is 5.75 Å². The van der Waals surface area contributed by atoms with Crippen LogP contribution >= 0.6 is 0 Å². The predicted molar refractivity (Wildman–Crippen MR) is 101 cm³/mol. The van der Waals surface area contributed by atoms with E-state index in [1.165, 1.54) is 12.1 Å². The summed E-state index contributed by atoms with van der Waals surface area (Å²) in [4.78, 5) is 12.3. The third kappa shape index (κ3) is 3.68. The van der Waals surface area contributed by atoms with E-state index in [9.17, 15) is 13.6 Å². The Kier molecular flexibility index (Phi) is 4.98. The van der Waals surface area contributed by atoms with E-state index in [1.807, 2.05) is 45.9 Å². The highest BCUT2D eigenvalue weighted by Gasteiger charge is 2.62. The van der Waals surface area contributed by atoms with Gasteiger partial charge in [0, 0.05) is 18.0 Å². The number of hydrogen-bond donors (Lipinski definition) is 1. The van der Waals surface area contributed by atoms with Gasteiger partial charge in [-0.05, 0) is 54.5 Å². The molecule has 0 aromatic heterocycles. The first-order valence-corrected chi connectivity index (χ1v) is 9.07. The van der Waals surface area contributed by atoms with Crippen molar-refractivity contribution in [2.24, 2.45) is 5.41 Å². The zero-order valence-corrected chi connectivity index (χ0v) is 16.2. The molecule has 5 heteroatoms. The van der Waals surface area contributed by atoms with Crippen LogP contribution in [0.2, 0.25) is 0 Å². The van der Waals surface area contributed by atoms with Gasteiger partial charge in [0.15, 0.2) is 6.61 Å². The van der Waals surface area contributed by atoms with Crippen LogP contribution in [0.15, 0.2) is 36.4 Å². The lowest BCUT2D eigenvalue weighted by Gasteiger charge is -2.22. The second-order valence-electron chi connectivity index (χ2n) is 8.03. The second-order valence-corrected chi connectivity index (χ2v) is 8.03. The fraction of sp³-hybridized carbons (Fsp3) is 0.409. The Balaban J connectivity index is 1.65. The number of carbonyl (C=O) groups is 1. The van der Waals surface area contributed by atoms with E-state index in [2.05, 4.69) is 5.32 Å². The standard InChI is InChI=1S/C22H25F2NO2/c1-14-6-5-7-19(15(14)2)27-11-20(26)25-13-22(12-21(22,3)4)17-9-8-16(23)10-18(17)24/h5-10H,11-13H2,1-4H3,(H,25,26). The lowest BCUT2D eigenvalue weighted by molar-refractivity contribution is -0.123. The van der Waals surface area contributed by atoms with E-state index in [4.69, 9.17) is 4.74 Å². The molecule has 0 bridgehead atoms. The molecule has 2 aromatic rings. The quantitative estimate of drug-likeness (QED) is 0.813. The maximum atomic E-state index is 14.3. The third-order valence-electron chi connectivity index (χ3n) is 5.86. The number of hydrogen-bond acceptors (Lipinski definition) is 2. The maximum Gasteiger partial charge on any atom is 0.257 e. The van der Waals surface area contributed by atoms with Gasteiger partial charge in [0.05, 0.1) is 0 Å². The summed E-state index contributed by atoms with van der Waals surface area (Å²) in [6.07, 6.45) is 0.723. The van der Waals surface area contributed by atoms with Crippen molar-refractivity contribution in [1.82, 2.24) is 5.32 Å². The molecule has 144 valence electrons. The molecule has 1 fully saturated rings. The molecule has 0 spiro atoms. The van der Waals surface area contributed by atoms with Crippen molar-refractivity contribution in [2.75, 3.05) is 13.2 Å². The van der Waals surface area contributed by atoms with Crippen LogP contribution in [-0.2, 0) is 10.2 Å². The third-order valence-corrected chi connectivity index (χ3v) is 5.86. The number of rotatable bonds is 6. The zero-order valence-electron chi connectivity index (χ0n) is 16.2. The molecule has 0 aliphatic heterocycles. The van der Waals surface area contributed by atoms with Gasteiger partial charge in [-0.1, -0.05) is 32.0 Å². The summed E-state index contributed by atoms with van der Waals surface area (Å²) < 4.78 is 33.2. The Morgan fingerprint density at radius 2 is 1.89 bits per heavy atom. The van der Waals surface area contributed by atoms with Crippen molar-refractivity contribution in [1.29, 1.82) is 0 Å². The van der Waals surface area contributed by atoms with Gasteiger partial charge in [-0.3, -0.25) is 4.79 Å². The van der Waals surface area contributed by atoms with Gasteiger partial charge in [-0.15, -0.1) is 0 Å². The molecule has 1 atom stereocenters. The molecular weight excluding hydrogens is 348 g/mol. The predicted octanol–water partition coefficient (Wildman–Crippen LogP) is 4.44. The highest BCUT2D eigenvalue weighted by Crippen LogP contribution is 2.64. The van der Waals surface area contributed by atoms with Gasteiger partial charge in [0.2, 0.25) is 0 Å². The van der Waals surface area contributed by atoms with E-state index < -0.39 is 17.0 Å². The molecule has 1 N–H and O–H groups in total. The summed E-state index contributed by atoms with van der Waals surface area (Å²) in [6.45, 7) is 8.16. The van der Waals surface area contributed by atoms with E-state index >= 15 is 0 Å². The van der Waals surface area contributed by atoms with Gasteiger partial charge in [-0.2, -0.15) is 0 Å². The zero-order chi connectivity index (χ0) is 19.8. The molecule has 3 nitrogen and oxygen atoms in total. The van der Waals surface area contributed by atoms with Crippen LogP contribution in [-0.4, -0.2) is 19.1 Å². The topological polar surface area (TPSA) is 38.3 Å². The van der Waals surface area contributed by atoms with Crippen LogP contribution in [0.5, 0.6) is 5.75 Å². The van der Waals surface area contributed by atoms with E-state index in [1.54, 1.807) is 0 Å². The first-order valence-electron chi connectivity index (χ1n) is 9.07. The highest BCUT2D eigenvalue weighted by molar-refractivity contribution is 5.77.